The van der Waals surface area contributed by atoms with Crippen LogP contribution in [0.4, 0.5) is 0 Å². The van der Waals surface area contributed by atoms with Gasteiger partial charge in [-0.05, 0) is 24.3 Å². The van der Waals surface area contributed by atoms with Crippen LogP contribution in [0.5, 0.6) is 0 Å². The minimum Gasteiger partial charge on any atom is -0.0625 e. The number of hydrogen-bond acceptors (Lipinski definition) is 0. The van der Waals surface area contributed by atoms with Crippen LogP contribution >= 0.6 is 31.9 Å². The van der Waals surface area contributed by atoms with Gasteiger partial charge >= 0.3 is 0 Å². The van der Waals surface area contributed by atoms with Crippen LogP contribution in [0.1, 0.15) is 0 Å². The summed E-state index contributed by atoms with van der Waals surface area (Å²) in [6.07, 6.45) is 0. The van der Waals surface area contributed by atoms with Crippen LogP contribution in [0.25, 0.3) is 0 Å². The van der Waals surface area contributed by atoms with Crippen LogP contribution in [-0.2, 0) is 0 Å². The van der Waals surface area contributed by atoms with E-state index in [0.717, 1.165) is 8.95 Å². The van der Waals surface area contributed by atoms with Crippen LogP contribution in [0.15, 0.2) is 57.5 Å². The average molecular weight is 370 g/mol. The highest BCUT2D eigenvalue weighted by Crippen LogP contribution is 2.13. The molecule has 0 aliphatic rings. The van der Waals surface area contributed by atoms with E-state index in [9.17, 15) is 0 Å². The summed E-state index contributed by atoms with van der Waals surface area (Å²) < 4.78 is 2.32. The maximum absolute atomic E-state index is 3.55. The van der Waals surface area contributed by atoms with Crippen molar-refractivity contribution in [3.05, 3.63) is 57.5 Å². The van der Waals surface area contributed by atoms with E-state index in [4.69, 9.17) is 0 Å². The zero-order valence-corrected chi connectivity index (χ0v) is 14.0. The number of hydrogen-bond donors (Lipinski definition) is 0. The fourth-order valence-corrected chi connectivity index (χ4v) is 5.53. The molecule has 0 nitrogen and oxygen atoms in total. The molecule has 17 heavy (non-hydrogen) atoms. The van der Waals surface area contributed by atoms with Crippen molar-refractivity contribution < 1.29 is 0 Å². The van der Waals surface area contributed by atoms with E-state index in [2.05, 4.69) is 93.5 Å². The Kier molecular flexibility index (Phi) is 3.91. The van der Waals surface area contributed by atoms with E-state index in [0.29, 0.717) is 0 Å². The molecule has 3 heteroatoms. The third-order valence-corrected chi connectivity index (χ3v) is 7.59. The minimum atomic E-state index is -1.58. The van der Waals surface area contributed by atoms with Gasteiger partial charge in [-0.15, -0.1) is 0 Å². The van der Waals surface area contributed by atoms with Crippen molar-refractivity contribution in [1.82, 2.24) is 0 Å². The third-order valence-electron chi connectivity index (χ3n) is 3.09. The van der Waals surface area contributed by atoms with Gasteiger partial charge in [0, 0.05) is 8.95 Å². The minimum absolute atomic E-state index is 1.16. The predicted molar refractivity (Wildman–Crippen MR) is 85.0 cm³/mol. The molecule has 0 saturated heterocycles. The normalized spacial score (nSPS) is 11.5. The van der Waals surface area contributed by atoms with Gasteiger partial charge in [-0.2, -0.15) is 0 Å². The van der Waals surface area contributed by atoms with Gasteiger partial charge in [-0.3, -0.25) is 0 Å². The van der Waals surface area contributed by atoms with Gasteiger partial charge in [0.05, 0.1) is 0 Å². The van der Waals surface area contributed by atoms with E-state index < -0.39 is 8.07 Å². The Morgan fingerprint density at radius 1 is 0.765 bits per heavy atom. The van der Waals surface area contributed by atoms with Gasteiger partial charge in [0.15, 0.2) is 0 Å². The lowest BCUT2D eigenvalue weighted by atomic mass is 10.4. The summed E-state index contributed by atoms with van der Waals surface area (Å²) in [5.74, 6) is 0. The van der Waals surface area contributed by atoms with Gasteiger partial charge in [-0.25, -0.2) is 0 Å². The first kappa shape index (κ1) is 13.1. The molecule has 0 radical (unpaired) electrons. The fourth-order valence-electron chi connectivity index (χ4n) is 1.92. The van der Waals surface area contributed by atoms with Crippen LogP contribution < -0.4 is 10.4 Å². The largest absolute Gasteiger partial charge is 0.112 e. The molecule has 0 atom stereocenters. The predicted octanol–water partition coefficient (Wildman–Crippen LogP) is 4.03. The molecular formula is C14H14Br2Si. The second-order valence-corrected chi connectivity index (χ2v) is 10.9. The fraction of sp³-hybridized carbons (Fsp3) is 0.143. The lowest BCUT2D eigenvalue weighted by molar-refractivity contribution is 1.63. The number of halogens is 2. The smallest absolute Gasteiger partial charge is 0.0625 e. The molecule has 0 aliphatic carbocycles. The summed E-state index contributed by atoms with van der Waals surface area (Å²) in [5.41, 5.74) is 0. The van der Waals surface area contributed by atoms with Gasteiger partial charge in [0.25, 0.3) is 0 Å². The Balaban J connectivity index is 2.49. The molecule has 0 amide bonds. The summed E-state index contributed by atoms with van der Waals surface area (Å²) in [7, 11) is -1.58. The van der Waals surface area contributed by atoms with E-state index >= 15 is 0 Å². The number of rotatable bonds is 2. The first-order chi connectivity index (χ1) is 8.00. The molecule has 88 valence electrons. The average Bonchev–Trinajstić information content (AvgIpc) is 2.29. The lowest BCUT2D eigenvalue weighted by Gasteiger charge is -2.24. The molecule has 0 spiro atoms. The summed E-state index contributed by atoms with van der Waals surface area (Å²) >= 11 is 7.11. The van der Waals surface area contributed by atoms with Crippen molar-refractivity contribution in [2.24, 2.45) is 0 Å². The highest BCUT2D eigenvalue weighted by molar-refractivity contribution is 9.10. The molecule has 0 aromatic heterocycles. The SMILES string of the molecule is C[Si](C)(c1cccc(Br)c1)c1cccc(Br)c1. The van der Waals surface area contributed by atoms with E-state index in [1.165, 1.54) is 10.4 Å². The monoisotopic (exact) mass is 368 g/mol. The van der Waals surface area contributed by atoms with Crippen LogP contribution in [0.2, 0.25) is 13.1 Å². The zero-order chi connectivity index (χ0) is 12.5. The molecule has 0 unspecified atom stereocenters. The van der Waals surface area contributed by atoms with Crippen molar-refractivity contribution in [3.63, 3.8) is 0 Å². The van der Waals surface area contributed by atoms with Crippen LogP contribution in [0.3, 0.4) is 0 Å². The molecule has 0 fully saturated rings. The Morgan fingerprint density at radius 3 is 1.53 bits per heavy atom. The summed E-state index contributed by atoms with van der Waals surface area (Å²) in [6.45, 7) is 4.77. The van der Waals surface area contributed by atoms with Gasteiger partial charge in [0.2, 0.25) is 0 Å². The van der Waals surface area contributed by atoms with E-state index in [1.54, 1.807) is 0 Å². The van der Waals surface area contributed by atoms with Crippen molar-refractivity contribution in [2.75, 3.05) is 0 Å². The molecule has 2 rings (SSSR count). The topological polar surface area (TPSA) is 0 Å². The van der Waals surface area contributed by atoms with Gasteiger partial charge in [0.1, 0.15) is 8.07 Å². The summed E-state index contributed by atoms with van der Waals surface area (Å²) in [4.78, 5) is 0. The molecule has 0 N–H and O–H groups in total. The van der Waals surface area contributed by atoms with Crippen molar-refractivity contribution in [3.8, 4) is 0 Å². The second-order valence-electron chi connectivity index (χ2n) is 4.65. The first-order valence-corrected chi connectivity index (χ1v) is 10.1. The van der Waals surface area contributed by atoms with Crippen molar-refractivity contribution >= 4 is 50.3 Å². The Bertz CT molecular complexity index is 488. The molecule has 0 aliphatic heterocycles. The van der Waals surface area contributed by atoms with Crippen LogP contribution in [0, 0.1) is 0 Å². The van der Waals surface area contributed by atoms with E-state index in [1.807, 2.05) is 0 Å². The highest BCUT2D eigenvalue weighted by Gasteiger charge is 2.25. The molecular weight excluding hydrogens is 356 g/mol. The van der Waals surface area contributed by atoms with Crippen molar-refractivity contribution in [1.29, 1.82) is 0 Å². The Morgan fingerprint density at radius 2 is 1.18 bits per heavy atom. The number of benzene rings is 2. The molecule has 2 aromatic rings. The molecule has 0 heterocycles. The zero-order valence-electron chi connectivity index (χ0n) is 9.87. The van der Waals surface area contributed by atoms with Crippen LogP contribution in [-0.4, -0.2) is 8.07 Å². The maximum atomic E-state index is 3.55. The Labute approximate surface area is 120 Å². The summed E-state index contributed by atoms with van der Waals surface area (Å²) in [5, 5.41) is 2.90. The van der Waals surface area contributed by atoms with Crippen molar-refractivity contribution in [2.45, 2.75) is 13.1 Å². The first-order valence-electron chi connectivity index (χ1n) is 5.52. The second kappa shape index (κ2) is 5.08. The Hall–Kier alpha value is -0.383. The maximum Gasteiger partial charge on any atom is 0.112 e. The quantitative estimate of drug-likeness (QED) is 0.701. The molecule has 2 aromatic carbocycles. The van der Waals surface area contributed by atoms with E-state index in [-0.39, 0.29) is 0 Å². The summed E-state index contributed by atoms with van der Waals surface area (Å²) in [6, 6.07) is 17.3. The standard InChI is InChI=1S/C14H14Br2Si/c1-17(2,13-7-3-5-11(15)9-13)14-8-4-6-12(16)10-14/h3-10H,1-2H3. The third kappa shape index (κ3) is 2.90. The lowest BCUT2D eigenvalue weighted by Crippen LogP contribution is -2.52. The molecule has 0 saturated carbocycles. The van der Waals surface area contributed by atoms with Gasteiger partial charge in [-0.1, -0.05) is 79.6 Å². The highest BCUT2D eigenvalue weighted by atomic mass is 79.9. The molecule has 0 bridgehead atoms. The van der Waals surface area contributed by atoms with Gasteiger partial charge < -0.3 is 0 Å².